The van der Waals surface area contributed by atoms with Gasteiger partial charge in [0.25, 0.3) is 0 Å². The topological polar surface area (TPSA) is 77.6 Å². The summed E-state index contributed by atoms with van der Waals surface area (Å²) >= 11 is 5.82. The van der Waals surface area contributed by atoms with E-state index in [4.69, 9.17) is 22.1 Å². The highest BCUT2D eigenvalue weighted by Crippen LogP contribution is 2.33. The molecule has 1 aliphatic rings. The first-order chi connectivity index (χ1) is 12.2. The number of nitrogens with two attached hydrogens (primary N) is 1. The number of amidine groups is 1. The largest absolute Gasteiger partial charge is 0.385 e. The monoisotopic (exact) mass is 371 g/mol. The predicted octanol–water partition coefficient (Wildman–Crippen LogP) is 3.54. The molecule has 2 N–H and O–H groups in total. The molecule has 3 rings (SSSR count). The van der Waals surface area contributed by atoms with E-state index in [1.54, 1.807) is 12.1 Å². The Hall–Kier alpha value is -2.24. The molecule has 0 aliphatic carbocycles. The third-order valence-corrected chi connectivity index (χ3v) is 4.85. The zero-order valence-corrected chi connectivity index (χ0v) is 15.9. The number of Topliss-reactive ketones (excluding diaryl/α,β-unsaturated/α-hetero) is 1. The maximum atomic E-state index is 12.5. The molecule has 0 saturated heterocycles. The zero-order chi connectivity index (χ0) is 18.9. The van der Waals surface area contributed by atoms with Gasteiger partial charge in [-0.15, -0.1) is 0 Å². The summed E-state index contributed by atoms with van der Waals surface area (Å²) in [7, 11) is 0. The van der Waals surface area contributed by atoms with E-state index in [1.165, 1.54) is 6.20 Å². The van der Waals surface area contributed by atoms with Crippen LogP contribution in [0.2, 0.25) is 5.02 Å². The van der Waals surface area contributed by atoms with Crippen LogP contribution in [-0.2, 0) is 16.7 Å². The maximum Gasteiger partial charge on any atom is 0.185 e. The molecule has 1 aliphatic heterocycles. The molecule has 26 heavy (non-hydrogen) atoms. The summed E-state index contributed by atoms with van der Waals surface area (Å²) in [6.07, 6.45) is 1.73. The van der Waals surface area contributed by atoms with Crippen molar-refractivity contribution in [2.24, 2.45) is 10.7 Å². The maximum absolute atomic E-state index is 12.5. The van der Waals surface area contributed by atoms with Gasteiger partial charge in [-0.2, -0.15) is 0 Å². The van der Waals surface area contributed by atoms with E-state index in [0.717, 1.165) is 11.1 Å². The van der Waals surface area contributed by atoms with Gasteiger partial charge in [0.1, 0.15) is 22.7 Å². The van der Waals surface area contributed by atoms with Crippen LogP contribution in [0.1, 0.15) is 42.4 Å². The van der Waals surface area contributed by atoms with Crippen molar-refractivity contribution in [3.8, 4) is 0 Å². The lowest BCUT2D eigenvalue weighted by Crippen LogP contribution is -2.50. The van der Waals surface area contributed by atoms with Gasteiger partial charge in [0.05, 0.1) is 11.6 Å². The first-order valence-corrected chi connectivity index (χ1v) is 8.81. The summed E-state index contributed by atoms with van der Waals surface area (Å²) in [5.74, 6) is 0.408. The normalized spacial score (nSPS) is 21.9. The Morgan fingerprint density at radius 3 is 2.69 bits per heavy atom. The van der Waals surface area contributed by atoms with Crippen LogP contribution in [0.4, 0.5) is 0 Å². The fourth-order valence-electron chi connectivity index (χ4n) is 2.81. The quantitative estimate of drug-likeness (QED) is 0.834. The van der Waals surface area contributed by atoms with Gasteiger partial charge in [0, 0.05) is 12.6 Å². The number of pyridine rings is 1. The van der Waals surface area contributed by atoms with Crippen LogP contribution < -0.4 is 5.73 Å². The van der Waals surface area contributed by atoms with Gasteiger partial charge in [0.15, 0.2) is 5.78 Å². The molecule has 0 radical (unpaired) electrons. The number of benzene rings is 1. The average molecular weight is 372 g/mol. The Morgan fingerprint density at radius 1 is 1.27 bits per heavy atom. The van der Waals surface area contributed by atoms with Gasteiger partial charge in [-0.3, -0.25) is 14.8 Å². The van der Waals surface area contributed by atoms with E-state index >= 15 is 0 Å². The Kier molecular flexibility index (Phi) is 4.86. The van der Waals surface area contributed by atoms with Crippen LogP contribution in [0, 0.1) is 0 Å². The molecule has 0 amide bonds. The van der Waals surface area contributed by atoms with Gasteiger partial charge in [0.2, 0.25) is 0 Å². The molecular formula is C20H22ClN3O2. The number of aliphatic imine (C=N–C) groups is 1. The summed E-state index contributed by atoms with van der Waals surface area (Å²) in [5, 5.41) is 0.507. The van der Waals surface area contributed by atoms with Gasteiger partial charge in [-0.05, 0) is 44.0 Å². The average Bonchev–Trinajstić information content (AvgIpc) is 2.60. The number of ketones is 1. The van der Waals surface area contributed by atoms with E-state index < -0.39 is 11.1 Å². The number of hydrogen-bond donors (Lipinski definition) is 1. The van der Waals surface area contributed by atoms with Gasteiger partial charge >= 0.3 is 0 Å². The minimum Gasteiger partial charge on any atom is -0.385 e. The molecule has 1 aromatic heterocycles. The number of halogens is 1. The Labute approximate surface area is 158 Å². The second-order valence-corrected chi connectivity index (χ2v) is 7.67. The molecule has 1 atom stereocenters. The lowest BCUT2D eigenvalue weighted by Gasteiger charge is -2.38. The van der Waals surface area contributed by atoms with Crippen molar-refractivity contribution in [3.05, 3.63) is 64.4 Å². The second-order valence-electron chi connectivity index (χ2n) is 7.23. The highest BCUT2D eigenvalue weighted by molar-refractivity contribution is 6.30. The molecule has 1 aromatic carbocycles. The van der Waals surface area contributed by atoms with Gasteiger partial charge < -0.3 is 10.5 Å². The van der Waals surface area contributed by atoms with E-state index in [9.17, 15) is 4.79 Å². The number of nitrogens with zero attached hydrogens (tertiary/aromatic N) is 2. The van der Waals surface area contributed by atoms with Crippen LogP contribution in [-0.4, -0.2) is 28.8 Å². The SMILES string of the molecule is CC1(C)OC[C@@](C)(c2cccc(CC(=O)c3ccc(Cl)cn3)c2)N=C1N. The summed E-state index contributed by atoms with van der Waals surface area (Å²) in [4.78, 5) is 21.2. The summed E-state index contributed by atoms with van der Waals surface area (Å²) in [5.41, 5.74) is 7.20. The summed E-state index contributed by atoms with van der Waals surface area (Å²) in [6, 6.07) is 11.1. The van der Waals surface area contributed by atoms with Crippen molar-refractivity contribution in [1.82, 2.24) is 4.98 Å². The van der Waals surface area contributed by atoms with Crippen molar-refractivity contribution in [3.63, 3.8) is 0 Å². The van der Waals surface area contributed by atoms with Crippen molar-refractivity contribution >= 4 is 23.2 Å². The molecule has 5 nitrogen and oxygen atoms in total. The van der Waals surface area contributed by atoms with Crippen LogP contribution in [0.25, 0.3) is 0 Å². The van der Waals surface area contributed by atoms with Crippen LogP contribution in [0.5, 0.6) is 0 Å². The highest BCUT2D eigenvalue weighted by atomic mass is 35.5. The first-order valence-electron chi connectivity index (χ1n) is 8.43. The highest BCUT2D eigenvalue weighted by Gasteiger charge is 2.38. The van der Waals surface area contributed by atoms with Crippen LogP contribution >= 0.6 is 11.6 Å². The van der Waals surface area contributed by atoms with Gasteiger partial charge in [-0.25, -0.2) is 0 Å². The number of carbonyl (C=O) groups excluding carboxylic acids is 1. The Balaban J connectivity index is 1.84. The number of hydrogen-bond acceptors (Lipinski definition) is 5. The molecule has 0 unspecified atom stereocenters. The molecule has 0 bridgehead atoms. The minimum atomic E-state index is -0.572. The third kappa shape index (κ3) is 3.79. The smallest absolute Gasteiger partial charge is 0.185 e. The molecular weight excluding hydrogens is 350 g/mol. The van der Waals surface area contributed by atoms with Crippen LogP contribution in [0.15, 0.2) is 47.6 Å². The third-order valence-electron chi connectivity index (χ3n) is 4.62. The molecule has 0 spiro atoms. The number of rotatable bonds is 4. The van der Waals surface area contributed by atoms with Crippen molar-refractivity contribution < 1.29 is 9.53 Å². The zero-order valence-electron chi connectivity index (χ0n) is 15.1. The predicted molar refractivity (Wildman–Crippen MR) is 103 cm³/mol. The standard InChI is InChI=1S/C20H22ClN3O2/c1-19(2)18(22)24-20(3,12-26-19)14-6-4-5-13(9-14)10-17(25)16-8-7-15(21)11-23-16/h4-9,11H,10,12H2,1-3H3,(H2,22,24)/t20-/m0/s1. The van der Waals surface area contributed by atoms with Crippen molar-refractivity contribution in [2.75, 3.05) is 6.61 Å². The van der Waals surface area contributed by atoms with Gasteiger partial charge in [-0.1, -0.05) is 35.9 Å². The van der Waals surface area contributed by atoms with Crippen molar-refractivity contribution in [1.29, 1.82) is 0 Å². The molecule has 0 saturated carbocycles. The summed E-state index contributed by atoms with van der Waals surface area (Å²) < 4.78 is 5.90. The lowest BCUT2D eigenvalue weighted by atomic mass is 9.89. The minimum absolute atomic E-state index is 0.0620. The second kappa shape index (κ2) is 6.82. The number of aromatic nitrogens is 1. The Bertz CT molecular complexity index is 862. The number of ether oxygens (including phenoxy) is 1. The Morgan fingerprint density at radius 2 is 2.04 bits per heavy atom. The fraction of sp³-hybridized carbons (Fsp3) is 0.350. The van der Waals surface area contributed by atoms with Crippen molar-refractivity contribution in [2.45, 2.75) is 38.3 Å². The van der Waals surface area contributed by atoms with E-state index in [2.05, 4.69) is 9.98 Å². The summed E-state index contributed by atoms with van der Waals surface area (Å²) in [6.45, 7) is 6.22. The molecule has 6 heteroatoms. The van der Waals surface area contributed by atoms with E-state index in [-0.39, 0.29) is 12.2 Å². The van der Waals surface area contributed by atoms with E-state index in [0.29, 0.717) is 23.2 Å². The number of carbonyl (C=O) groups is 1. The molecule has 136 valence electrons. The van der Waals surface area contributed by atoms with Crippen LogP contribution in [0.3, 0.4) is 0 Å². The fourth-order valence-corrected chi connectivity index (χ4v) is 2.92. The first kappa shape index (κ1) is 18.5. The van der Waals surface area contributed by atoms with E-state index in [1.807, 2.05) is 45.0 Å². The molecule has 0 fully saturated rings. The molecule has 2 aromatic rings. The molecule has 2 heterocycles. The lowest BCUT2D eigenvalue weighted by molar-refractivity contribution is -0.00868.